The second kappa shape index (κ2) is 8.66. The normalized spacial score (nSPS) is 12.5. The molecule has 0 N–H and O–H groups in total. The van der Waals surface area contributed by atoms with Gasteiger partial charge in [0.15, 0.2) is 0 Å². The molecule has 1 aromatic heterocycles. The predicted octanol–water partition coefficient (Wildman–Crippen LogP) is 2.94. The highest BCUT2D eigenvalue weighted by Crippen LogP contribution is 2.31. The van der Waals surface area contributed by atoms with Crippen LogP contribution in [0.15, 0.2) is 54.2 Å². The summed E-state index contributed by atoms with van der Waals surface area (Å²) in [7, 11) is 0. The van der Waals surface area contributed by atoms with Gasteiger partial charge in [0.25, 0.3) is 6.33 Å². The highest BCUT2D eigenvalue weighted by atomic mass is 19.3. The zero-order valence-corrected chi connectivity index (χ0v) is 15.8. The van der Waals surface area contributed by atoms with Crippen molar-refractivity contribution in [1.29, 1.82) is 0 Å². The minimum absolute atomic E-state index is 0.0859. The van der Waals surface area contributed by atoms with Gasteiger partial charge in [-0.25, -0.2) is 8.78 Å². The Bertz CT molecular complexity index is 1080. The van der Waals surface area contributed by atoms with Crippen LogP contribution in [0.5, 0.6) is 5.75 Å². The standard InChI is InChI=1S/C19H14F6N4O2/c1-2-28-10-29(9-26-28)27-17(30)12-7-14(20)16(15(21)8-12)11-3-5-13(6-4-11)31-19(24,25)18(22)23/h3-10,18H,2H2,1H3. The molecule has 0 spiro atoms. The molecule has 0 amide bonds. The van der Waals surface area contributed by atoms with Crippen molar-refractivity contribution < 1.29 is 40.9 Å². The first-order valence-electron chi connectivity index (χ1n) is 8.75. The first-order valence-corrected chi connectivity index (χ1v) is 8.75. The van der Waals surface area contributed by atoms with E-state index in [0.29, 0.717) is 6.54 Å². The van der Waals surface area contributed by atoms with Gasteiger partial charge in [-0.3, -0.25) is 0 Å². The highest BCUT2D eigenvalue weighted by Gasteiger charge is 2.43. The van der Waals surface area contributed by atoms with E-state index in [1.54, 1.807) is 0 Å². The molecule has 6 nitrogen and oxygen atoms in total. The van der Waals surface area contributed by atoms with Crippen LogP contribution in [0.25, 0.3) is 11.1 Å². The van der Waals surface area contributed by atoms with Crippen molar-refractivity contribution in [3.05, 3.63) is 66.3 Å². The van der Waals surface area contributed by atoms with E-state index >= 15 is 0 Å². The summed E-state index contributed by atoms with van der Waals surface area (Å²) in [5.41, 5.74) is -1.00. The Morgan fingerprint density at radius 1 is 1.19 bits per heavy atom. The number of hydrogen-bond donors (Lipinski definition) is 0. The van der Waals surface area contributed by atoms with Gasteiger partial charge in [-0.15, -0.1) is 14.5 Å². The van der Waals surface area contributed by atoms with Crippen LogP contribution in [0.3, 0.4) is 0 Å². The summed E-state index contributed by atoms with van der Waals surface area (Å²) in [6.07, 6.45) is -6.12. The van der Waals surface area contributed by atoms with E-state index in [4.69, 9.17) is 0 Å². The third kappa shape index (κ3) is 4.95. The molecule has 0 aliphatic heterocycles. The van der Waals surface area contributed by atoms with Crippen LogP contribution >= 0.6 is 0 Å². The average molecular weight is 444 g/mol. The third-order valence-corrected chi connectivity index (χ3v) is 4.04. The lowest BCUT2D eigenvalue weighted by Gasteiger charge is -2.17. The fourth-order valence-electron chi connectivity index (χ4n) is 2.56. The number of nitrogens with zero attached hydrogens (tertiary/aromatic N) is 4. The molecule has 3 rings (SSSR count). The van der Waals surface area contributed by atoms with Crippen molar-refractivity contribution in [2.75, 3.05) is 0 Å². The van der Waals surface area contributed by atoms with E-state index in [1.807, 2.05) is 6.92 Å². The number of aromatic nitrogens is 3. The zero-order valence-electron chi connectivity index (χ0n) is 15.8. The van der Waals surface area contributed by atoms with Gasteiger partial charge in [0, 0.05) is 11.0 Å². The van der Waals surface area contributed by atoms with E-state index in [2.05, 4.69) is 14.9 Å². The summed E-state index contributed by atoms with van der Waals surface area (Å²) in [6, 6.07) is 5.29. The molecular weight excluding hydrogens is 430 g/mol. The van der Waals surface area contributed by atoms with Gasteiger partial charge in [0.05, 0.1) is 5.56 Å². The van der Waals surface area contributed by atoms with E-state index in [1.165, 1.54) is 17.3 Å². The number of aryl methyl sites for hydroxylation is 1. The molecule has 0 saturated carbocycles. The molecule has 3 aromatic rings. The summed E-state index contributed by atoms with van der Waals surface area (Å²) in [5.74, 6) is -3.77. The first-order chi connectivity index (χ1) is 14.6. The molecule has 0 fully saturated rings. The molecular formula is C19H14F6N4O2. The number of benzene rings is 2. The molecule has 0 aliphatic carbocycles. The largest absolute Gasteiger partial charge is 0.856 e. The van der Waals surface area contributed by atoms with E-state index in [9.17, 15) is 31.4 Å². The number of ether oxygens (including phenoxy) is 1. The quantitative estimate of drug-likeness (QED) is 0.244. The SMILES string of the molecule is CCn1c[n+](/N=C(\[O-])c2cc(F)c(-c3ccc(OC(F)(F)C(F)F)cc3)c(F)c2)cn1. The molecule has 0 unspecified atom stereocenters. The Kier molecular flexibility index (Phi) is 6.18. The van der Waals surface area contributed by atoms with Crippen LogP contribution in [0.2, 0.25) is 0 Å². The molecule has 0 atom stereocenters. The van der Waals surface area contributed by atoms with Crippen LogP contribution < -0.4 is 14.5 Å². The lowest BCUT2D eigenvalue weighted by atomic mass is 10.0. The Hall–Kier alpha value is -3.57. The van der Waals surface area contributed by atoms with E-state index < -0.39 is 41.4 Å². The number of hydrogen-bond acceptors (Lipinski definition) is 4. The summed E-state index contributed by atoms with van der Waals surface area (Å²) < 4.78 is 85.8. The van der Waals surface area contributed by atoms with Crippen LogP contribution in [-0.2, 0) is 6.54 Å². The van der Waals surface area contributed by atoms with Gasteiger partial charge >= 0.3 is 12.5 Å². The fraction of sp³-hybridized carbons (Fsp3) is 0.211. The molecule has 12 heteroatoms. The molecule has 0 bridgehead atoms. The maximum absolute atomic E-state index is 14.5. The van der Waals surface area contributed by atoms with Crippen LogP contribution in [0.4, 0.5) is 26.3 Å². The maximum Gasteiger partial charge on any atom is 0.461 e. The van der Waals surface area contributed by atoms with Crippen molar-refractivity contribution in [2.45, 2.75) is 26.0 Å². The summed E-state index contributed by atoms with van der Waals surface area (Å²) in [4.78, 5) is 0. The van der Waals surface area contributed by atoms with E-state index in [0.717, 1.165) is 41.1 Å². The van der Waals surface area contributed by atoms with Crippen LogP contribution in [0.1, 0.15) is 12.5 Å². The van der Waals surface area contributed by atoms with E-state index in [-0.39, 0.29) is 11.1 Å². The minimum atomic E-state index is -4.71. The molecule has 164 valence electrons. The maximum atomic E-state index is 14.5. The monoisotopic (exact) mass is 444 g/mol. The van der Waals surface area contributed by atoms with Crippen molar-refractivity contribution in [2.24, 2.45) is 5.10 Å². The highest BCUT2D eigenvalue weighted by molar-refractivity contribution is 5.90. The van der Waals surface area contributed by atoms with Gasteiger partial charge in [-0.2, -0.15) is 17.6 Å². The Morgan fingerprint density at radius 2 is 1.81 bits per heavy atom. The summed E-state index contributed by atoms with van der Waals surface area (Å²) in [6.45, 7) is 2.34. The lowest BCUT2D eigenvalue weighted by Crippen LogP contribution is -2.33. The van der Waals surface area contributed by atoms with Crippen LogP contribution in [0, 0.1) is 11.6 Å². The second-order valence-electron chi connectivity index (χ2n) is 6.19. The summed E-state index contributed by atoms with van der Waals surface area (Å²) in [5, 5.41) is 19.7. The smallest absolute Gasteiger partial charge is 0.461 e. The Balaban J connectivity index is 1.86. The van der Waals surface area contributed by atoms with Crippen molar-refractivity contribution in [3.63, 3.8) is 0 Å². The van der Waals surface area contributed by atoms with Crippen LogP contribution in [-0.4, -0.2) is 28.2 Å². The predicted molar refractivity (Wildman–Crippen MR) is 93.4 cm³/mol. The minimum Gasteiger partial charge on any atom is -0.856 e. The number of rotatable bonds is 7. The first kappa shape index (κ1) is 22.1. The zero-order chi connectivity index (χ0) is 22.8. The Morgan fingerprint density at radius 3 is 2.32 bits per heavy atom. The fourth-order valence-corrected chi connectivity index (χ4v) is 2.56. The molecule has 1 heterocycles. The van der Waals surface area contributed by atoms with Gasteiger partial charge < -0.3 is 9.84 Å². The summed E-state index contributed by atoms with van der Waals surface area (Å²) >= 11 is 0. The average Bonchev–Trinajstić information content (AvgIpc) is 3.16. The Labute approximate surface area is 171 Å². The van der Waals surface area contributed by atoms with Gasteiger partial charge in [-0.1, -0.05) is 12.1 Å². The molecule has 0 saturated heterocycles. The molecule has 0 radical (unpaired) electrons. The molecule has 2 aromatic carbocycles. The van der Waals surface area contributed by atoms with Gasteiger partial charge in [0.1, 0.15) is 23.9 Å². The molecule has 31 heavy (non-hydrogen) atoms. The van der Waals surface area contributed by atoms with Crippen molar-refractivity contribution in [3.8, 4) is 16.9 Å². The third-order valence-electron chi connectivity index (χ3n) is 4.04. The second-order valence-corrected chi connectivity index (χ2v) is 6.19. The van der Waals surface area contributed by atoms with Gasteiger partial charge in [0.2, 0.25) is 6.33 Å². The number of halogens is 6. The lowest BCUT2D eigenvalue weighted by molar-refractivity contribution is -0.682. The molecule has 0 aliphatic rings. The van der Waals surface area contributed by atoms with Crippen molar-refractivity contribution >= 4 is 5.90 Å². The van der Waals surface area contributed by atoms with Gasteiger partial charge in [-0.05, 0) is 42.3 Å². The number of alkyl halides is 4. The topological polar surface area (TPSA) is 66.3 Å². The van der Waals surface area contributed by atoms with Crippen molar-refractivity contribution in [1.82, 2.24) is 9.78 Å².